The van der Waals surface area contributed by atoms with Crippen molar-refractivity contribution < 1.29 is 23.1 Å². The lowest BCUT2D eigenvalue weighted by atomic mass is 10.2. The smallest absolute Gasteiger partial charge is 0.345 e. The summed E-state index contributed by atoms with van der Waals surface area (Å²) in [4.78, 5) is 11.7. The fourth-order valence-electron chi connectivity index (χ4n) is 1.70. The van der Waals surface area contributed by atoms with Gasteiger partial charge in [-0.2, -0.15) is 0 Å². The Labute approximate surface area is 116 Å². The van der Waals surface area contributed by atoms with Crippen molar-refractivity contribution in [2.24, 2.45) is 0 Å². The van der Waals surface area contributed by atoms with Crippen molar-refractivity contribution in [3.63, 3.8) is 0 Å². The highest BCUT2D eigenvalue weighted by Crippen LogP contribution is 2.25. The number of hydrogen-bond donors (Lipinski definition) is 2. The van der Waals surface area contributed by atoms with Crippen molar-refractivity contribution in [3.8, 4) is 0 Å². The van der Waals surface area contributed by atoms with Gasteiger partial charge in [0.15, 0.2) is 11.6 Å². The van der Waals surface area contributed by atoms with Gasteiger partial charge in [0.05, 0.1) is 0 Å². The number of benzene rings is 1. The van der Waals surface area contributed by atoms with Gasteiger partial charge in [-0.15, -0.1) is 11.3 Å². The summed E-state index contributed by atoms with van der Waals surface area (Å²) in [6.07, 6.45) is 0. The molecule has 20 heavy (non-hydrogen) atoms. The van der Waals surface area contributed by atoms with Crippen LogP contribution in [-0.2, 0) is 6.54 Å². The first kappa shape index (κ1) is 14.4. The Morgan fingerprint density at radius 2 is 1.85 bits per heavy atom. The maximum absolute atomic E-state index is 13.4. The molecule has 1 heterocycles. The Morgan fingerprint density at radius 3 is 2.35 bits per heavy atom. The number of thiophene rings is 1. The lowest BCUT2D eigenvalue weighted by molar-refractivity contribution is 0.0702. The molecule has 0 aliphatic heterocycles. The van der Waals surface area contributed by atoms with Crippen LogP contribution in [0.15, 0.2) is 18.2 Å². The van der Waals surface area contributed by atoms with Crippen LogP contribution in [0.2, 0.25) is 0 Å². The van der Waals surface area contributed by atoms with E-state index in [1.54, 1.807) is 6.92 Å². The number of halogens is 3. The van der Waals surface area contributed by atoms with Gasteiger partial charge in [-0.25, -0.2) is 18.0 Å². The maximum atomic E-state index is 13.4. The first-order chi connectivity index (χ1) is 9.38. The Balaban J connectivity index is 2.19. The minimum absolute atomic E-state index is 0.0507. The van der Waals surface area contributed by atoms with Crippen LogP contribution in [0.5, 0.6) is 0 Å². The van der Waals surface area contributed by atoms with E-state index in [2.05, 4.69) is 5.32 Å². The Kier molecular flexibility index (Phi) is 3.99. The summed E-state index contributed by atoms with van der Waals surface area (Å²) < 4.78 is 39.6. The zero-order valence-electron chi connectivity index (χ0n) is 10.3. The number of hydrogen-bond acceptors (Lipinski definition) is 3. The van der Waals surface area contributed by atoms with E-state index < -0.39 is 29.1 Å². The molecule has 0 bridgehead atoms. The molecular formula is C13H10F3NO2S. The molecule has 0 unspecified atom stereocenters. The molecule has 0 aliphatic carbocycles. The van der Waals surface area contributed by atoms with E-state index in [0.29, 0.717) is 17.7 Å². The van der Waals surface area contributed by atoms with Gasteiger partial charge in [-0.3, -0.25) is 0 Å². The maximum Gasteiger partial charge on any atom is 0.345 e. The highest BCUT2D eigenvalue weighted by molar-refractivity contribution is 7.14. The summed E-state index contributed by atoms with van der Waals surface area (Å²) in [5.74, 6) is -4.11. The Bertz CT molecular complexity index is 647. The third kappa shape index (κ3) is 2.93. The van der Waals surface area contributed by atoms with E-state index in [-0.39, 0.29) is 11.4 Å². The summed E-state index contributed by atoms with van der Waals surface area (Å²) in [7, 11) is 0. The van der Waals surface area contributed by atoms with E-state index >= 15 is 0 Å². The Morgan fingerprint density at radius 1 is 1.25 bits per heavy atom. The van der Waals surface area contributed by atoms with Crippen molar-refractivity contribution in [2.75, 3.05) is 5.32 Å². The molecule has 1 aromatic carbocycles. The van der Waals surface area contributed by atoms with E-state index in [4.69, 9.17) is 5.11 Å². The van der Waals surface area contributed by atoms with Crippen LogP contribution in [0.1, 0.15) is 20.1 Å². The molecule has 3 nitrogen and oxygen atoms in total. The molecule has 2 aromatic rings. The quantitative estimate of drug-likeness (QED) is 0.903. The highest BCUT2D eigenvalue weighted by atomic mass is 32.1. The topological polar surface area (TPSA) is 49.3 Å². The molecule has 0 fully saturated rings. The molecule has 2 N–H and O–H groups in total. The predicted octanol–water partition coefficient (Wildman–Crippen LogP) is 3.78. The first-order valence-corrected chi connectivity index (χ1v) is 6.41. The summed E-state index contributed by atoms with van der Waals surface area (Å²) in [5.41, 5.74) is 0.185. The second-order valence-electron chi connectivity index (χ2n) is 4.10. The van der Waals surface area contributed by atoms with Gasteiger partial charge in [-0.05, 0) is 18.6 Å². The van der Waals surface area contributed by atoms with Crippen LogP contribution in [0.25, 0.3) is 0 Å². The SMILES string of the molecule is Cc1sc(C(=O)O)cc1CNc1c(F)cc(F)cc1F. The fraction of sp³-hybridized carbons (Fsp3) is 0.154. The third-order valence-corrected chi connectivity index (χ3v) is 3.77. The van der Waals surface area contributed by atoms with Crippen molar-refractivity contribution in [2.45, 2.75) is 13.5 Å². The van der Waals surface area contributed by atoms with E-state index in [9.17, 15) is 18.0 Å². The van der Waals surface area contributed by atoms with E-state index in [1.165, 1.54) is 6.07 Å². The zero-order valence-corrected chi connectivity index (χ0v) is 11.2. The molecule has 0 radical (unpaired) electrons. The molecule has 2 rings (SSSR count). The van der Waals surface area contributed by atoms with Crippen molar-refractivity contribution in [1.82, 2.24) is 0 Å². The zero-order chi connectivity index (χ0) is 14.9. The van der Waals surface area contributed by atoms with Crippen molar-refractivity contribution in [1.29, 1.82) is 0 Å². The van der Waals surface area contributed by atoms with Gasteiger partial charge in [0.2, 0.25) is 0 Å². The van der Waals surface area contributed by atoms with Crippen molar-refractivity contribution in [3.05, 3.63) is 51.0 Å². The molecule has 0 atom stereocenters. The third-order valence-electron chi connectivity index (χ3n) is 2.69. The summed E-state index contributed by atoms with van der Waals surface area (Å²) in [6, 6.07) is 2.60. The van der Waals surface area contributed by atoms with E-state index in [0.717, 1.165) is 16.2 Å². The lowest BCUT2D eigenvalue weighted by Gasteiger charge is -2.08. The van der Waals surface area contributed by atoms with Gasteiger partial charge in [0, 0.05) is 23.6 Å². The molecule has 7 heteroatoms. The summed E-state index contributed by atoms with van der Waals surface area (Å²) in [6.45, 7) is 1.76. The van der Waals surface area contributed by atoms with Crippen LogP contribution in [-0.4, -0.2) is 11.1 Å². The van der Waals surface area contributed by atoms with Crippen LogP contribution >= 0.6 is 11.3 Å². The van der Waals surface area contributed by atoms with E-state index in [1.807, 2.05) is 0 Å². The number of carbonyl (C=O) groups is 1. The second kappa shape index (κ2) is 5.54. The van der Waals surface area contributed by atoms with Gasteiger partial charge in [-0.1, -0.05) is 0 Å². The molecular weight excluding hydrogens is 291 g/mol. The number of aryl methyl sites for hydroxylation is 1. The largest absolute Gasteiger partial charge is 0.477 e. The highest BCUT2D eigenvalue weighted by Gasteiger charge is 2.14. The monoisotopic (exact) mass is 301 g/mol. The molecule has 1 aromatic heterocycles. The molecule has 0 saturated heterocycles. The van der Waals surface area contributed by atoms with Gasteiger partial charge < -0.3 is 10.4 Å². The van der Waals surface area contributed by atoms with Crippen LogP contribution in [0, 0.1) is 24.4 Å². The molecule has 106 valence electrons. The normalized spacial score (nSPS) is 10.6. The molecule has 0 spiro atoms. The molecule has 0 amide bonds. The number of anilines is 1. The average molecular weight is 301 g/mol. The van der Waals surface area contributed by atoms with Crippen LogP contribution < -0.4 is 5.32 Å². The summed E-state index contributed by atoms with van der Waals surface area (Å²) in [5, 5.41) is 11.4. The number of carboxylic acids is 1. The number of nitrogens with one attached hydrogen (secondary N) is 1. The fourth-order valence-corrected chi connectivity index (χ4v) is 2.58. The molecule has 0 saturated carbocycles. The predicted molar refractivity (Wildman–Crippen MR) is 69.7 cm³/mol. The second-order valence-corrected chi connectivity index (χ2v) is 5.35. The minimum atomic E-state index is -1.05. The molecule has 0 aliphatic rings. The van der Waals surface area contributed by atoms with Crippen molar-refractivity contribution >= 4 is 23.0 Å². The number of aromatic carboxylic acids is 1. The van der Waals surface area contributed by atoms with Crippen LogP contribution in [0.4, 0.5) is 18.9 Å². The Hall–Kier alpha value is -2.02. The van der Waals surface area contributed by atoms with Crippen LogP contribution in [0.3, 0.4) is 0 Å². The minimum Gasteiger partial charge on any atom is -0.477 e. The number of rotatable bonds is 4. The van der Waals surface area contributed by atoms with Gasteiger partial charge in [0.25, 0.3) is 0 Å². The van der Waals surface area contributed by atoms with Gasteiger partial charge in [0.1, 0.15) is 16.4 Å². The average Bonchev–Trinajstić information content (AvgIpc) is 2.70. The standard InChI is InChI=1S/C13H10F3NO2S/c1-6-7(2-11(20-6)13(18)19)5-17-12-9(15)3-8(14)4-10(12)16/h2-4,17H,5H2,1H3,(H,18,19). The summed E-state index contributed by atoms with van der Waals surface area (Å²) >= 11 is 1.08. The lowest BCUT2D eigenvalue weighted by Crippen LogP contribution is -2.04. The first-order valence-electron chi connectivity index (χ1n) is 5.59. The number of carboxylic acid groups (broad SMARTS) is 1. The van der Waals surface area contributed by atoms with Gasteiger partial charge >= 0.3 is 5.97 Å².